The first-order chi connectivity index (χ1) is 9.38. The Morgan fingerprint density at radius 3 is 2.79 bits per heavy atom. The van der Waals surface area contributed by atoms with E-state index in [2.05, 4.69) is 19.4 Å². The Labute approximate surface area is 118 Å². The third-order valence-corrected chi connectivity index (χ3v) is 4.08. The molecule has 0 unspecified atom stereocenters. The minimum Gasteiger partial charge on any atom is -0.326 e. The van der Waals surface area contributed by atoms with E-state index in [0.29, 0.717) is 5.88 Å². The van der Waals surface area contributed by atoms with Crippen molar-refractivity contribution in [1.29, 1.82) is 0 Å². The number of pyridine rings is 1. The lowest BCUT2D eigenvalue weighted by molar-refractivity contribution is 0.221. The zero-order valence-electron chi connectivity index (χ0n) is 11.1. The van der Waals surface area contributed by atoms with Crippen LogP contribution < -0.4 is 0 Å². The zero-order valence-corrected chi connectivity index (χ0v) is 11.8. The van der Waals surface area contributed by atoms with Crippen molar-refractivity contribution in [3.8, 4) is 0 Å². The molecule has 0 radical (unpaired) electrons. The highest BCUT2D eigenvalue weighted by Crippen LogP contribution is 2.17. The fourth-order valence-corrected chi connectivity index (χ4v) is 3.01. The normalized spacial score (nSPS) is 17.1. The van der Waals surface area contributed by atoms with E-state index in [1.165, 1.54) is 32.4 Å². The molecule has 102 valence electrons. The molecule has 0 atom stereocenters. The summed E-state index contributed by atoms with van der Waals surface area (Å²) in [6, 6.07) is 2.02. The third-order valence-electron chi connectivity index (χ3n) is 3.84. The number of imidazole rings is 1. The van der Waals surface area contributed by atoms with E-state index in [0.717, 1.165) is 29.9 Å². The quantitative estimate of drug-likeness (QED) is 0.807. The Kier molecular flexibility index (Phi) is 3.99. The van der Waals surface area contributed by atoms with E-state index >= 15 is 0 Å². The molecule has 0 saturated carbocycles. The number of hydrogen-bond acceptors (Lipinski definition) is 3. The average Bonchev–Trinajstić information content (AvgIpc) is 2.84. The monoisotopic (exact) mass is 278 g/mol. The average molecular weight is 279 g/mol. The molecule has 2 aromatic rings. The Morgan fingerprint density at radius 1 is 1.16 bits per heavy atom. The third kappa shape index (κ3) is 2.74. The molecule has 2 aromatic heterocycles. The highest BCUT2D eigenvalue weighted by molar-refractivity contribution is 6.16. The van der Waals surface area contributed by atoms with Crippen LogP contribution in [0.25, 0.3) is 11.0 Å². The van der Waals surface area contributed by atoms with Gasteiger partial charge in [0.2, 0.25) is 0 Å². The Bertz CT molecular complexity index is 545. The largest absolute Gasteiger partial charge is 0.326 e. The molecule has 19 heavy (non-hydrogen) atoms. The highest BCUT2D eigenvalue weighted by Gasteiger charge is 2.13. The number of alkyl halides is 1. The number of halogens is 1. The molecule has 0 bridgehead atoms. The van der Waals surface area contributed by atoms with Crippen molar-refractivity contribution >= 4 is 22.6 Å². The SMILES string of the molecule is ClCc1nc2cnccc2n1CCN1CCCCC1. The molecule has 1 aliphatic rings. The van der Waals surface area contributed by atoms with Gasteiger partial charge in [-0.1, -0.05) is 6.42 Å². The number of fused-ring (bicyclic) bond motifs is 1. The standard InChI is InChI=1S/C14H19ClN4/c15-10-14-17-12-11-16-5-4-13(12)19(14)9-8-18-6-2-1-3-7-18/h4-5,11H,1-3,6-10H2. The summed E-state index contributed by atoms with van der Waals surface area (Å²) in [7, 11) is 0. The van der Waals surface area contributed by atoms with Crippen molar-refractivity contribution < 1.29 is 0 Å². The Morgan fingerprint density at radius 2 is 2.00 bits per heavy atom. The van der Waals surface area contributed by atoms with Crippen LogP contribution in [0.1, 0.15) is 25.1 Å². The second kappa shape index (κ2) is 5.88. The fourth-order valence-electron chi connectivity index (χ4n) is 2.81. The molecule has 5 heteroatoms. The Balaban J connectivity index is 1.78. The van der Waals surface area contributed by atoms with Gasteiger partial charge in [-0.25, -0.2) is 4.98 Å². The van der Waals surface area contributed by atoms with Crippen LogP contribution in [0.5, 0.6) is 0 Å². The second-order valence-corrected chi connectivity index (χ2v) is 5.35. The van der Waals surface area contributed by atoms with Gasteiger partial charge >= 0.3 is 0 Å². The number of nitrogens with zero attached hydrogens (tertiary/aromatic N) is 4. The van der Waals surface area contributed by atoms with E-state index in [-0.39, 0.29) is 0 Å². The summed E-state index contributed by atoms with van der Waals surface area (Å²) in [5, 5.41) is 0. The summed E-state index contributed by atoms with van der Waals surface area (Å²) in [5.41, 5.74) is 2.08. The van der Waals surface area contributed by atoms with Crippen molar-refractivity contribution in [2.45, 2.75) is 31.7 Å². The molecule has 0 aromatic carbocycles. The summed E-state index contributed by atoms with van der Waals surface area (Å²) in [6.45, 7) is 4.50. The number of likely N-dealkylation sites (tertiary alicyclic amines) is 1. The van der Waals surface area contributed by atoms with Crippen LogP contribution >= 0.6 is 11.6 Å². The van der Waals surface area contributed by atoms with Gasteiger partial charge < -0.3 is 9.47 Å². The van der Waals surface area contributed by atoms with Crippen LogP contribution in [0.4, 0.5) is 0 Å². The van der Waals surface area contributed by atoms with Crippen LogP contribution in [0.15, 0.2) is 18.5 Å². The van der Waals surface area contributed by atoms with Gasteiger partial charge in [-0.05, 0) is 32.0 Å². The lowest BCUT2D eigenvalue weighted by Crippen LogP contribution is -2.32. The van der Waals surface area contributed by atoms with Gasteiger partial charge in [-0.3, -0.25) is 4.98 Å². The minimum atomic E-state index is 0.453. The van der Waals surface area contributed by atoms with Crippen LogP contribution in [-0.4, -0.2) is 39.1 Å². The predicted octanol–water partition coefficient (Wildman–Crippen LogP) is 2.66. The number of piperidine rings is 1. The number of aromatic nitrogens is 3. The smallest absolute Gasteiger partial charge is 0.124 e. The molecular weight excluding hydrogens is 260 g/mol. The lowest BCUT2D eigenvalue weighted by Gasteiger charge is -2.26. The summed E-state index contributed by atoms with van der Waals surface area (Å²) >= 11 is 6.01. The molecule has 4 nitrogen and oxygen atoms in total. The van der Waals surface area contributed by atoms with E-state index in [1.54, 1.807) is 0 Å². The van der Waals surface area contributed by atoms with Gasteiger partial charge in [0.15, 0.2) is 0 Å². The minimum absolute atomic E-state index is 0.453. The Hall–Kier alpha value is -1.13. The molecule has 0 N–H and O–H groups in total. The van der Waals surface area contributed by atoms with Gasteiger partial charge in [0.25, 0.3) is 0 Å². The van der Waals surface area contributed by atoms with E-state index < -0.39 is 0 Å². The molecule has 0 aliphatic carbocycles. The maximum absolute atomic E-state index is 6.01. The van der Waals surface area contributed by atoms with Crippen molar-refractivity contribution in [3.63, 3.8) is 0 Å². The fraction of sp³-hybridized carbons (Fsp3) is 0.571. The zero-order chi connectivity index (χ0) is 13.1. The van der Waals surface area contributed by atoms with E-state index in [1.807, 2.05) is 18.5 Å². The topological polar surface area (TPSA) is 34.0 Å². The molecule has 1 saturated heterocycles. The molecule has 0 spiro atoms. The van der Waals surface area contributed by atoms with Gasteiger partial charge in [0, 0.05) is 19.3 Å². The second-order valence-electron chi connectivity index (χ2n) is 5.08. The molecule has 0 amide bonds. The van der Waals surface area contributed by atoms with Crippen molar-refractivity contribution in [2.24, 2.45) is 0 Å². The maximum atomic E-state index is 6.01. The number of rotatable bonds is 4. The van der Waals surface area contributed by atoms with E-state index in [4.69, 9.17) is 11.6 Å². The lowest BCUT2D eigenvalue weighted by atomic mass is 10.1. The van der Waals surface area contributed by atoms with Gasteiger partial charge in [0.05, 0.1) is 17.6 Å². The van der Waals surface area contributed by atoms with Crippen molar-refractivity contribution in [1.82, 2.24) is 19.4 Å². The van der Waals surface area contributed by atoms with Crippen LogP contribution in [0, 0.1) is 0 Å². The molecule has 3 rings (SSSR count). The van der Waals surface area contributed by atoms with Gasteiger partial charge in [-0.2, -0.15) is 0 Å². The van der Waals surface area contributed by atoms with Crippen LogP contribution in [-0.2, 0) is 12.4 Å². The van der Waals surface area contributed by atoms with Crippen molar-refractivity contribution in [3.05, 3.63) is 24.3 Å². The van der Waals surface area contributed by atoms with Crippen molar-refractivity contribution in [2.75, 3.05) is 19.6 Å². The van der Waals surface area contributed by atoms with Crippen LogP contribution in [0.3, 0.4) is 0 Å². The number of hydrogen-bond donors (Lipinski definition) is 0. The summed E-state index contributed by atoms with van der Waals surface area (Å²) in [6.07, 6.45) is 7.67. The summed E-state index contributed by atoms with van der Waals surface area (Å²) < 4.78 is 2.23. The molecule has 3 heterocycles. The first kappa shape index (κ1) is 12.9. The predicted molar refractivity (Wildman–Crippen MR) is 77.4 cm³/mol. The molecule has 1 fully saturated rings. The molecular formula is C14H19ClN4. The maximum Gasteiger partial charge on any atom is 0.124 e. The first-order valence-corrected chi connectivity index (χ1v) is 7.49. The van der Waals surface area contributed by atoms with E-state index in [9.17, 15) is 0 Å². The summed E-state index contributed by atoms with van der Waals surface area (Å²) in [5.74, 6) is 1.40. The van der Waals surface area contributed by atoms with Gasteiger partial charge in [-0.15, -0.1) is 11.6 Å². The first-order valence-electron chi connectivity index (χ1n) is 6.96. The van der Waals surface area contributed by atoms with Crippen LogP contribution in [0.2, 0.25) is 0 Å². The van der Waals surface area contributed by atoms with Gasteiger partial charge in [0.1, 0.15) is 11.3 Å². The molecule has 1 aliphatic heterocycles. The summed E-state index contributed by atoms with van der Waals surface area (Å²) in [4.78, 5) is 11.2. The highest BCUT2D eigenvalue weighted by atomic mass is 35.5.